The predicted octanol–water partition coefficient (Wildman–Crippen LogP) is 2.33. The molecule has 8 nitrogen and oxygen atoms in total. The first kappa shape index (κ1) is 19.5. The Morgan fingerprint density at radius 2 is 1.86 bits per heavy atom. The van der Waals surface area contributed by atoms with Crippen molar-refractivity contribution in [3.05, 3.63) is 47.3 Å². The molecule has 2 heterocycles. The Kier molecular flexibility index (Phi) is 5.29. The fourth-order valence-corrected chi connectivity index (χ4v) is 5.18. The Morgan fingerprint density at radius 1 is 1.17 bits per heavy atom. The fraction of sp³-hybridized carbons (Fsp3) is 0.263. The molecule has 10 heteroatoms. The molecule has 0 aliphatic carbocycles. The van der Waals surface area contributed by atoms with Crippen molar-refractivity contribution in [3.63, 3.8) is 0 Å². The van der Waals surface area contributed by atoms with Gasteiger partial charge in [0, 0.05) is 12.1 Å². The summed E-state index contributed by atoms with van der Waals surface area (Å²) in [7, 11) is -3.95. The van der Waals surface area contributed by atoms with Crippen LogP contribution < -0.4 is 14.3 Å². The number of aromatic nitrogens is 1. The zero-order valence-electron chi connectivity index (χ0n) is 15.5. The van der Waals surface area contributed by atoms with E-state index < -0.39 is 16.0 Å². The first-order valence-electron chi connectivity index (χ1n) is 8.92. The molecule has 0 unspecified atom stereocenters. The van der Waals surface area contributed by atoms with Crippen molar-refractivity contribution >= 4 is 37.5 Å². The second-order valence-electron chi connectivity index (χ2n) is 6.12. The number of fused-ring (bicyclic) bond motifs is 2. The highest BCUT2D eigenvalue weighted by Crippen LogP contribution is 2.35. The number of rotatable bonds is 5. The lowest BCUT2D eigenvalue weighted by molar-refractivity contribution is -0.143. The van der Waals surface area contributed by atoms with Crippen molar-refractivity contribution in [2.75, 3.05) is 19.8 Å². The fourth-order valence-electron chi connectivity index (χ4n) is 2.91. The smallest absolute Gasteiger partial charge is 0.326 e. The topological polar surface area (TPSA) is 96.2 Å². The van der Waals surface area contributed by atoms with Gasteiger partial charge in [0.05, 0.1) is 21.7 Å². The van der Waals surface area contributed by atoms with E-state index in [9.17, 15) is 13.2 Å². The van der Waals surface area contributed by atoms with Crippen molar-refractivity contribution in [1.82, 2.24) is 4.57 Å². The lowest BCUT2D eigenvalue weighted by Crippen LogP contribution is -2.23. The summed E-state index contributed by atoms with van der Waals surface area (Å²) in [6.07, 6.45) is 0. The second kappa shape index (κ2) is 7.88. The highest BCUT2D eigenvalue weighted by atomic mass is 32.2. The van der Waals surface area contributed by atoms with Gasteiger partial charge in [-0.05, 0) is 19.1 Å². The van der Waals surface area contributed by atoms with Gasteiger partial charge in [0.2, 0.25) is 4.80 Å². The molecule has 1 aliphatic rings. The molecule has 0 fully saturated rings. The molecule has 0 atom stereocenters. The Hall–Kier alpha value is -2.85. The van der Waals surface area contributed by atoms with Crippen LogP contribution in [0.1, 0.15) is 6.92 Å². The number of hydrogen-bond donors (Lipinski definition) is 0. The summed E-state index contributed by atoms with van der Waals surface area (Å²) in [5.74, 6) is 0.628. The average molecular weight is 434 g/mol. The van der Waals surface area contributed by atoms with Gasteiger partial charge in [0.1, 0.15) is 19.8 Å². The molecule has 29 heavy (non-hydrogen) atoms. The average Bonchev–Trinajstić information content (AvgIpc) is 3.02. The lowest BCUT2D eigenvalue weighted by Gasteiger charge is -2.18. The Bertz CT molecular complexity index is 1230. The molecule has 0 N–H and O–H groups in total. The molecule has 3 aromatic rings. The highest BCUT2D eigenvalue weighted by Gasteiger charge is 2.20. The minimum Gasteiger partial charge on any atom is -0.486 e. The molecular weight excluding hydrogens is 416 g/mol. The first-order chi connectivity index (χ1) is 14.0. The molecule has 0 amide bonds. The Labute approximate surface area is 171 Å². The summed E-state index contributed by atoms with van der Waals surface area (Å²) in [5, 5.41) is 0. The van der Waals surface area contributed by atoms with Gasteiger partial charge in [-0.1, -0.05) is 29.5 Å². The van der Waals surface area contributed by atoms with E-state index in [0.29, 0.717) is 30.2 Å². The van der Waals surface area contributed by atoms with E-state index in [4.69, 9.17) is 14.2 Å². The molecule has 0 saturated heterocycles. The maximum atomic E-state index is 12.8. The van der Waals surface area contributed by atoms with E-state index in [2.05, 4.69) is 4.40 Å². The summed E-state index contributed by atoms with van der Waals surface area (Å²) in [6, 6.07) is 11.4. The van der Waals surface area contributed by atoms with Crippen LogP contribution in [0.5, 0.6) is 11.5 Å². The van der Waals surface area contributed by atoms with Crippen molar-refractivity contribution in [2.45, 2.75) is 18.4 Å². The standard InChI is InChI=1S/C19H18N2O6S2/c1-2-25-18(22)12-21-14-10-15-16(27-9-8-26-15)11-17(14)28-19(21)20-29(23,24)13-6-4-3-5-7-13/h3-7,10-11H,2,8-9,12H2,1H3. The number of nitrogens with zero attached hydrogens (tertiary/aromatic N) is 2. The van der Waals surface area contributed by atoms with Crippen LogP contribution in [0.15, 0.2) is 51.8 Å². The molecule has 0 spiro atoms. The molecule has 0 bridgehead atoms. The van der Waals surface area contributed by atoms with Gasteiger partial charge in [0.25, 0.3) is 10.0 Å². The summed E-state index contributed by atoms with van der Waals surface area (Å²) >= 11 is 1.15. The van der Waals surface area contributed by atoms with Crippen molar-refractivity contribution < 1.29 is 27.4 Å². The van der Waals surface area contributed by atoms with Crippen molar-refractivity contribution in [3.8, 4) is 11.5 Å². The minimum absolute atomic E-state index is 0.0751. The van der Waals surface area contributed by atoms with Gasteiger partial charge in [-0.15, -0.1) is 4.40 Å². The number of carbonyl (C=O) groups is 1. The number of carbonyl (C=O) groups excluding carboxylic acids is 1. The third-order valence-corrected chi connectivity index (χ3v) is 6.62. The van der Waals surface area contributed by atoms with Crippen LogP contribution in [0, 0.1) is 0 Å². The van der Waals surface area contributed by atoms with Gasteiger partial charge in [-0.3, -0.25) is 4.79 Å². The number of thiazole rings is 1. The largest absolute Gasteiger partial charge is 0.486 e. The molecule has 4 rings (SSSR count). The SMILES string of the molecule is CCOC(=O)Cn1c(=NS(=O)(=O)c2ccccc2)sc2cc3c(cc21)OCCO3. The van der Waals surface area contributed by atoms with E-state index in [-0.39, 0.29) is 22.8 Å². The van der Waals surface area contributed by atoms with Gasteiger partial charge in [-0.25, -0.2) is 0 Å². The number of sulfonamides is 1. The number of hydrogen-bond acceptors (Lipinski definition) is 7. The second-order valence-corrected chi connectivity index (χ2v) is 8.73. The van der Waals surface area contributed by atoms with E-state index in [1.807, 2.05) is 0 Å². The van der Waals surface area contributed by atoms with E-state index in [0.717, 1.165) is 16.0 Å². The van der Waals surface area contributed by atoms with Crippen LogP contribution >= 0.6 is 11.3 Å². The minimum atomic E-state index is -3.95. The van der Waals surface area contributed by atoms with Crippen molar-refractivity contribution in [1.29, 1.82) is 0 Å². The summed E-state index contributed by atoms with van der Waals surface area (Å²) in [6.45, 7) is 2.62. The number of ether oxygens (including phenoxy) is 3. The molecular formula is C19H18N2O6S2. The van der Waals surface area contributed by atoms with Gasteiger partial charge >= 0.3 is 5.97 Å². The third-order valence-electron chi connectivity index (χ3n) is 4.18. The maximum Gasteiger partial charge on any atom is 0.326 e. The normalized spacial score (nSPS) is 14.2. The summed E-state index contributed by atoms with van der Waals surface area (Å²) in [4.78, 5) is 12.4. The zero-order chi connectivity index (χ0) is 20.4. The van der Waals surface area contributed by atoms with Crippen molar-refractivity contribution in [2.24, 2.45) is 4.40 Å². The van der Waals surface area contributed by atoms with Crippen LogP contribution in [0.3, 0.4) is 0 Å². The summed E-state index contributed by atoms with van der Waals surface area (Å²) < 4.78 is 48.0. The Balaban J connectivity index is 1.91. The van der Waals surface area contributed by atoms with Gasteiger partial charge in [0.15, 0.2) is 11.5 Å². The summed E-state index contributed by atoms with van der Waals surface area (Å²) in [5.41, 5.74) is 0.620. The Morgan fingerprint density at radius 3 is 2.55 bits per heavy atom. The van der Waals surface area contributed by atoms with Crippen LogP contribution in [-0.4, -0.2) is 38.8 Å². The molecule has 1 aliphatic heterocycles. The predicted molar refractivity (Wildman–Crippen MR) is 107 cm³/mol. The lowest BCUT2D eigenvalue weighted by atomic mass is 10.2. The van der Waals surface area contributed by atoms with E-state index in [1.54, 1.807) is 37.3 Å². The highest BCUT2D eigenvalue weighted by molar-refractivity contribution is 7.90. The van der Waals surface area contributed by atoms with Crippen LogP contribution in [-0.2, 0) is 26.1 Å². The third kappa shape index (κ3) is 3.99. The quantitative estimate of drug-likeness (QED) is 0.572. The molecule has 2 aromatic carbocycles. The first-order valence-corrected chi connectivity index (χ1v) is 11.2. The monoisotopic (exact) mass is 434 g/mol. The van der Waals surface area contributed by atoms with E-state index in [1.165, 1.54) is 16.7 Å². The van der Waals surface area contributed by atoms with Crippen LogP contribution in [0.2, 0.25) is 0 Å². The van der Waals surface area contributed by atoms with Crippen LogP contribution in [0.4, 0.5) is 0 Å². The molecule has 152 valence electrons. The van der Waals surface area contributed by atoms with Gasteiger partial charge in [-0.2, -0.15) is 8.42 Å². The number of esters is 1. The van der Waals surface area contributed by atoms with Crippen LogP contribution in [0.25, 0.3) is 10.2 Å². The molecule has 0 radical (unpaired) electrons. The maximum absolute atomic E-state index is 12.8. The van der Waals surface area contributed by atoms with E-state index >= 15 is 0 Å². The van der Waals surface area contributed by atoms with Gasteiger partial charge < -0.3 is 18.8 Å². The number of benzene rings is 2. The zero-order valence-corrected chi connectivity index (χ0v) is 17.2. The molecule has 1 aromatic heterocycles. The molecule has 0 saturated carbocycles.